The third kappa shape index (κ3) is 5.08. The molecule has 0 aromatic heterocycles. The van der Waals surface area contributed by atoms with Crippen molar-refractivity contribution in [3.8, 4) is 0 Å². The molecule has 1 atom stereocenters. The summed E-state index contributed by atoms with van der Waals surface area (Å²) in [5, 5.41) is 6.61. The van der Waals surface area contributed by atoms with E-state index < -0.39 is 0 Å². The summed E-state index contributed by atoms with van der Waals surface area (Å²) in [6, 6.07) is 7.09. The molecule has 1 aromatic rings. The molecule has 0 bridgehead atoms. The molecular formula is C16H25FIN3O. The molecular weight excluding hydrogens is 396 g/mol. The standard InChI is InChI=1S/C16H24FN3O.HI/c1-12(10-21-3)20-15(18-2)19-11-16(7-8-16)13-5-4-6-14(17)9-13;/h4-6,9,12H,7-8,10-11H2,1-3H3,(H2,18,19,20);1H. The molecule has 0 aliphatic heterocycles. The third-order valence-corrected chi connectivity index (χ3v) is 3.91. The SMILES string of the molecule is CN=C(NCC1(c2cccc(F)c2)CC1)NC(C)COC.I. The van der Waals surface area contributed by atoms with Gasteiger partial charge in [0.05, 0.1) is 6.61 Å². The lowest BCUT2D eigenvalue weighted by Gasteiger charge is -2.21. The predicted octanol–water partition coefficient (Wildman–Crippen LogP) is 2.68. The topological polar surface area (TPSA) is 45.7 Å². The monoisotopic (exact) mass is 421 g/mol. The second-order valence-corrected chi connectivity index (χ2v) is 5.72. The Morgan fingerprint density at radius 3 is 2.73 bits per heavy atom. The number of halogens is 2. The van der Waals surface area contributed by atoms with Crippen LogP contribution in [0.4, 0.5) is 4.39 Å². The summed E-state index contributed by atoms with van der Waals surface area (Å²) in [6.07, 6.45) is 2.15. The van der Waals surface area contributed by atoms with E-state index in [9.17, 15) is 4.39 Å². The maximum Gasteiger partial charge on any atom is 0.191 e. The zero-order valence-electron chi connectivity index (χ0n) is 13.4. The van der Waals surface area contributed by atoms with E-state index >= 15 is 0 Å². The number of methoxy groups -OCH3 is 1. The van der Waals surface area contributed by atoms with Crippen LogP contribution in [0, 0.1) is 5.82 Å². The Kier molecular flexibility index (Phi) is 7.55. The van der Waals surface area contributed by atoms with Crippen molar-refractivity contribution in [2.24, 2.45) is 4.99 Å². The van der Waals surface area contributed by atoms with Crippen LogP contribution in [0.1, 0.15) is 25.3 Å². The first-order valence-electron chi connectivity index (χ1n) is 7.32. The molecule has 1 saturated carbocycles. The molecule has 0 amide bonds. The van der Waals surface area contributed by atoms with Crippen molar-refractivity contribution in [1.82, 2.24) is 10.6 Å². The van der Waals surface area contributed by atoms with Crippen molar-refractivity contribution in [3.05, 3.63) is 35.6 Å². The molecule has 1 fully saturated rings. The molecule has 0 radical (unpaired) electrons. The Labute approximate surface area is 148 Å². The molecule has 124 valence electrons. The second kappa shape index (κ2) is 8.67. The minimum atomic E-state index is -0.171. The van der Waals surface area contributed by atoms with Crippen LogP contribution in [-0.4, -0.2) is 39.3 Å². The van der Waals surface area contributed by atoms with E-state index in [4.69, 9.17) is 4.74 Å². The number of ether oxygens (including phenoxy) is 1. The Morgan fingerprint density at radius 2 is 2.18 bits per heavy atom. The second-order valence-electron chi connectivity index (χ2n) is 5.72. The predicted molar refractivity (Wildman–Crippen MR) is 98.6 cm³/mol. The van der Waals surface area contributed by atoms with Crippen LogP contribution in [0.25, 0.3) is 0 Å². The fourth-order valence-electron chi connectivity index (χ4n) is 2.51. The first-order chi connectivity index (χ1) is 10.1. The van der Waals surface area contributed by atoms with E-state index in [0.29, 0.717) is 6.61 Å². The van der Waals surface area contributed by atoms with Gasteiger partial charge in [-0.3, -0.25) is 4.99 Å². The van der Waals surface area contributed by atoms with Gasteiger partial charge in [0.2, 0.25) is 0 Å². The number of aliphatic imine (C=N–C) groups is 1. The Morgan fingerprint density at radius 1 is 1.45 bits per heavy atom. The number of nitrogens with zero attached hydrogens (tertiary/aromatic N) is 1. The summed E-state index contributed by atoms with van der Waals surface area (Å²) >= 11 is 0. The van der Waals surface area contributed by atoms with Crippen LogP contribution in [0.3, 0.4) is 0 Å². The average Bonchev–Trinajstić information content (AvgIpc) is 3.25. The van der Waals surface area contributed by atoms with Crippen molar-refractivity contribution >= 4 is 29.9 Å². The van der Waals surface area contributed by atoms with Crippen LogP contribution in [0.15, 0.2) is 29.3 Å². The Bertz CT molecular complexity index is 506. The number of hydrogen-bond donors (Lipinski definition) is 2. The number of hydrogen-bond acceptors (Lipinski definition) is 2. The average molecular weight is 421 g/mol. The van der Waals surface area contributed by atoms with E-state index in [1.165, 1.54) is 6.07 Å². The zero-order valence-corrected chi connectivity index (χ0v) is 15.7. The lowest BCUT2D eigenvalue weighted by Crippen LogP contribution is -2.46. The first kappa shape index (κ1) is 19.2. The number of rotatable bonds is 6. The maximum atomic E-state index is 13.4. The molecule has 2 rings (SSSR count). The number of nitrogens with one attached hydrogen (secondary N) is 2. The molecule has 0 saturated heterocycles. The normalized spacial score (nSPS) is 17.4. The molecule has 0 spiro atoms. The van der Waals surface area contributed by atoms with Crippen LogP contribution < -0.4 is 10.6 Å². The van der Waals surface area contributed by atoms with Crippen LogP contribution in [0.2, 0.25) is 0 Å². The lowest BCUT2D eigenvalue weighted by molar-refractivity contribution is 0.179. The quantitative estimate of drug-likeness (QED) is 0.422. The van der Waals surface area contributed by atoms with Gasteiger partial charge < -0.3 is 15.4 Å². The van der Waals surface area contributed by atoms with Crippen molar-refractivity contribution in [2.75, 3.05) is 27.3 Å². The molecule has 22 heavy (non-hydrogen) atoms. The van der Waals surface area contributed by atoms with Gasteiger partial charge in [0.1, 0.15) is 5.82 Å². The highest BCUT2D eigenvalue weighted by Gasteiger charge is 2.44. The maximum absolute atomic E-state index is 13.4. The van der Waals surface area contributed by atoms with Gasteiger partial charge in [-0.1, -0.05) is 12.1 Å². The molecule has 1 unspecified atom stereocenters. The minimum absolute atomic E-state index is 0. The van der Waals surface area contributed by atoms with E-state index in [2.05, 4.69) is 15.6 Å². The highest BCUT2D eigenvalue weighted by molar-refractivity contribution is 14.0. The highest BCUT2D eigenvalue weighted by atomic mass is 127. The largest absolute Gasteiger partial charge is 0.383 e. The van der Waals surface area contributed by atoms with E-state index in [0.717, 1.165) is 30.9 Å². The summed E-state index contributed by atoms with van der Waals surface area (Å²) in [7, 11) is 3.42. The van der Waals surface area contributed by atoms with Gasteiger partial charge in [0.25, 0.3) is 0 Å². The molecule has 6 heteroatoms. The van der Waals surface area contributed by atoms with Gasteiger partial charge in [-0.25, -0.2) is 4.39 Å². The van der Waals surface area contributed by atoms with Crippen molar-refractivity contribution in [1.29, 1.82) is 0 Å². The molecule has 0 heterocycles. The van der Waals surface area contributed by atoms with Crippen LogP contribution in [-0.2, 0) is 10.2 Å². The third-order valence-electron chi connectivity index (χ3n) is 3.91. The smallest absolute Gasteiger partial charge is 0.191 e. The van der Waals surface area contributed by atoms with Gasteiger partial charge in [0, 0.05) is 32.2 Å². The fraction of sp³-hybridized carbons (Fsp3) is 0.562. The molecule has 1 aromatic carbocycles. The molecule has 1 aliphatic rings. The van der Waals surface area contributed by atoms with E-state index in [-0.39, 0.29) is 41.3 Å². The number of benzene rings is 1. The molecule has 1 aliphatic carbocycles. The lowest BCUT2D eigenvalue weighted by atomic mass is 9.96. The van der Waals surface area contributed by atoms with Gasteiger partial charge in [0.15, 0.2) is 5.96 Å². The summed E-state index contributed by atoms with van der Waals surface area (Å²) in [5.74, 6) is 0.581. The number of guanidine groups is 1. The van der Waals surface area contributed by atoms with Gasteiger partial charge in [-0.2, -0.15) is 0 Å². The zero-order chi connectivity index (χ0) is 15.3. The molecule has 2 N–H and O–H groups in total. The van der Waals surface area contributed by atoms with Crippen molar-refractivity contribution in [2.45, 2.75) is 31.2 Å². The van der Waals surface area contributed by atoms with E-state index in [1.54, 1.807) is 26.3 Å². The summed E-state index contributed by atoms with van der Waals surface area (Å²) in [5.41, 5.74) is 1.11. The fourth-order valence-corrected chi connectivity index (χ4v) is 2.51. The van der Waals surface area contributed by atoms with Crippen LogP contribution in [0.5, 0.6) is 0 Å². The molecule has 4 nitrogen and oxygen atoms in total. The van der Waals surface area contributed by atoms with E-state index in [1.807, 2.05) is 13.0 Å². The van der Waals surface area contributed by atoms with Crippen molar-refractivity contribution in [3.63, 3.8) is 0 Å². The van der Waals surface area contributed by atoms with Crippen molar-refractivity contribution < 1.29 is 9.13 Å². The first-order valence-corrected chi connectivity index (χ1v) is 7.32. The minimum Gasteiger partial charge on any atom is -0.383 e. The Balaban J connectivity index is 0.00000242. The summed E-state index contributed by atoms with van der Waals surface area (Å²) in [6.45, 7) is 3.42. The highest BCUT2D eigenvalue weighted by Crippen LogP contribution is 2.47. The van der Waals surface area contributed by atoms with Gasteiger partial charge >= 0.3 is 0 Å². The van der Waals surface area contributed by atoms with Gasteiger partial charge in [-0.15, -0.1) is 24.0 Å². The Hall–Kier alpha value is -0.890. The van der Waals surface area contributed by atoms with Crippen LogP contribution >= 0.6 is 24.0 Å². The van der Waals surface area contributed by atoms with Gasteiger partial charge in [-0.05, 0) is 37.5 Å². The summed E-state index contributed by atoms with van der Waals surface area (Å²) in [4.78, 5) is 4.22. The summed E-state index contributed by atoms with van der Waals surface area (Å²) < 4.78 is 18.5.